The molecule has 0 fully saturated rings. The zero-order valence-corrected chi connectivity index (χ0v) is 17.0. The molecule has 0 aliphatic carbocycles. The second-order valence-electron chi connectivity index (χ2n) is 6.05. The molecule has 0 aliphatic rings. The molecule has 2 rings (SSSR count). The lowest BCUT2D eigenvalue weighted by molar-refractivity contribution is -0.113. The minimum atomic E-state index is -3.59. The Labute approximate surface area is 162 Å². The van der Waals surface area contributed by atoms with Gasteiger partial charge in [-0.3, -0.25) is 4.79 Å². The minimum Gasteiger partial charge on any atom is -0.465 e. The van der Waals surface area contributed by atoms with Crippen molar-refractivity contribution in [3.05, 3.63) is 52.9 Å². The summed E-state index contributed by atoms with van der Waals surface area (Å²) in [5, 5.41) is 4.54. The summed E-state index contributed by atoms with van der Waals surface area (Å²) in [5.41, 5.74) is 3.70. The fourth-order valence-electron chi connectivity index (χ4n) is 2.58. The Morgan fingerprint density at radius 1 is 1.26 bits per heavy atom. The molecule has 1 heterocycles. The Kier molecular flexibility index (Phi) is 6.56. The number of amides is 1. The Morgan fingerprint density at radius 3 is 2.59 bits per heavy atom. The van der Waals surface area contributed by atoms with Crippen LogP contribution in [0, 0.1) is 13.8 Å². The molecule has 1 amide bonds. The van der Waals surface area contributed by atoms with Crippen LogP contribution in [-0.4, -0.2) is 38.9 Å². The molecule has 1 N–H and O–H groups in total. The number of esters is 1. The van der Waals surface area contributed by atoms with Crippen molar-refractivity contribution < 1.29 is 22.7 Å². The van der Waals surface area contributed by atoms with E-state index in [0.717, 1.165) is 28.0 Å². The summed E-state index contributed by atoms with van der Waals surface area (Å²) in [6.07, 6.45) is 1.23. The lowest BCUT2D eigenvalue weighted by atomic mass is 9.97. The lowest BCUT2D eigenvalue weighted by Crippen LogP contribution is -2.24. The number of anilines is 1. The molecule has 0 radical (unpaired) electrons. The second kappa shape index (κ2) is 8.49. The van der Waals surface area contributed by atoms with E-state index in [-0.39, 0.29) is 16.3 Å². The molecule has 0 aliphatic heterocycles. The summed E-state index contributed by atoms with van der Waals surface area (Å²) in [7, 11) is -2.33. The highest BCUT2D eigenvalue weighted by Crippen LogP contribution is 2.37. The van der Waals surface area contributed by atoms with Crippen molar-refractivity contribution >= 4 is 38.1 Å². The predicted molar refractivity (Wildman–Crippen MR) is 108 cm³/mol. The van der Waals surface area contributed by atoms with Crippen LogP contribution in [-0.2, 0) is 19.4 Å². The standard InChI is InChI=1S/C19H21NO5S2/c1-5-8-27(23,24)11-16(21)20-18-17(19(22)25-4)15(10-26-18)14-9-12(2)6-7-13(14)3/h5-7,9-10H,1,8,11H2,2-4H3,(H,20,21). The zero-order valence-electron chi connectivity index (χ0n) is 15.4. The van der Waals surface area contributed by atoms with Crippen LogP contribution < -0.4 is 5.32 Å². The number of carbonyl (C=O) groups is 2. The van der Waals surface area contributed by atoms with Gasteiger partial charge in [-0.1, -0.05) is 29.8 Å². The number of thiophene rings is 1. The summed E-state index contributed by atoms with van der Waals surface area (Å²) < 4.78 is 28.5. The normalized spacial score (nSPS) is 11.1. The van der Waals surface area contributed by atoms with Crippen molar-refractivity contribution in [2.24, 2.45) is 0 Å². The van der Waals surface area contributed by atoms with E-state index in [2.05, 4.69) is 11.9 Å². The van der Waals surface area contributed by atoms with Crippen LogP contribution >= 0.6 is 11.3 Å². The summed E-state index contributed by atoms with van der Waals surface area (Å²) >= 11 is 1.15. The highest BCUT2D eigenvalue weighted by atomic mass is 32.2. The number of aryl methyl sites for hydroxylation is 2. The van der Waals surface area contributed by atoms with Crippen molar-refractivity contribution in [2.75, 3.05) is 23.9 Å². The maximum Gasteiger partial charge on any atom is 0.341 e. The molecular formula is C19H21NO5S2. The lowest BCUT2D eigenvalue weighted by Gasteiger charge is -2.10. The first-order chi connectivity index (χ1) is 12.7. The molecular weight excluding hydrogens is 386 g/mol. The first-order valence-electron chi connectivity index (χ1n) is 8.07. The van der Waals surface area contributed by atoms with Gasteiger partial charge in [-0.15, -0.1) is 17.9 Å². The number of benzene rings is 1. The minimum absolute atomic E-state index is 0.214. The average Bonchev–Trinajstić information content (AvgIpc) is 2.98. The van der Waals surface area contributed by atoms with Gasteiger partial charge in [0.15, 0.2) is 9.84 Å². The topological polar surface area (TPSA) is 89.5 Å². The number of hydrogen-bond acceptors (Lipinski definition) is 6. The second-order valence-corrected chi connectivity index (χ2v) is 9.04. The van der Waals surface area contributed by atoms with Gasteiger partial charge >= 0.3 is 5.97 Å². The van der Waals surface area contributed by atoms with E-state index < -0.39 is 27.5 Å². The molecule has 0 bridgehead atoms. The molecule has 6 nitrogen and oxygen atoms in total. The Morgan fingerprint density at radius 2 is 1.96 bits per heavy atom. The SMILES string of the molecule is C=CCS(=O)(=O)CC(=O)Nc1scc(-c2cc(C)ccc2C)c1C(=O)OC. The first-order valence-corrected chi connectivity index (χ1v) is 10.8. The molecule has 144 valence electrons. The molecule has 1 aromatic heterocycles. The summed E-state index contributed by atoms with van der Waals surface area (Å²) in [6.45, 7) is 7.24. The van der Waals surface area contributed by atoms with Crippen molar-refractivity contribution in [3.63, 3.8) is 0 Å². The van der Waals surface area contributed by atoms with E-state index in [1.54, 1.807) is 5.38 Å². The van der Waals surface area contributed by atoms with Gasteiger partial charge in [0, 0.05) is 10.9 Å². The first kappa shape index (κ1) is 20.9. The molecule has 27 heavy (non-hydrogen) atoms. The van der Waals surface area contributed by atoms with Gasteiger partial charge in [-0.2, -0.15) is 0 Å². The smallest absolute Gasteiger partial charge is 0.341 e. The molecule has 2 aromatic rings. The van der Waals surface area contributed by atoms with E-state index in [1.807, 2.05) is 32.0 Å². The quantitative estimate of drug-likeness (QED) is 0.561. The van der Waals surface area contributed by atoms with Crippen LogP contribution in [0.25, 0.3) is 11.1 Å². The zero-order chi connectivity index (χ0) is 20.2. The Balaban J connectivity index is 2.43. The molecule has 0 unspecified atom stereocenters. The number of carbonyl (C=O) groups excluding carboxylic acids is 2. The van der Waals surface area contributed by atoms with Gasteiger partial charge in [0.1, 0.15) is 16.3 Å². The van der Waals surface area contributed by atoms with Crippen LogP contribution in [0.5, 0.6) is 0 Å². The fraction of sp³-hybridized carbons (Fsp3) is 0.263. The third-order valence-corrected chi connectivity index (χ3v) is 6.18. The van der Waals surface area contributed by atoms with E-state index in [0.29, 0.717) is 5.56 Å². The molecule has 8 heteroatoms. The highest BCUT2D eigenvalue weighted by molar-refractivity contribution is 7.92. The van der Waals surface area contributed by atoms with E-state index >= 15 is 0 Å². The molecule has 0 atom stereocenters. The molecule has 0 saturated carbocycles. The van der Waals surface area contributed by atoms with Crippen LogP contribution in [0.1, 0.15) is 21.5 Å². The van der Waals surface area contributed by atoms with Crippen molar-refractivity contribution in [3.8, 4) is 11.1 Å². The number of hydrogen-bond donors (Lipinski definition) is 1. The van der Waals surface area contributed by atoms with Gasteiger partial charge in [-0.05, 0) is 25.0 Å². The summed E-state index contributed by atoms with van der Waals surface area (Å²) in [4.78, 5) is 24.5. The number of methoxy groups -OCH3 is 1. The van der Waals surface area contributed by atoms with Gasteiger partial charge in [0.05, 0.1) is 12.9 Å². The predicted octanol–water partition coefficient (Wildman–Crippen LogP) is 3.36. The van der Waals surface area contributed by atoms with E-state index in [1.165, 1.54) is 13.2 Å². The van der Waals surface area contributed by atoms with E-state index in [9.17, 15) is 18.0 Å². The van der Waals surface area contributed by atoms with Crippen LogP contribution in [0.15, 0.2) is 36.2 Å². The van der Waals surface area contributed by atoms with Gasteiger partial charge in [-0.25, -0.2) is 13.2 Å². The average molecular weight is 408 g/mol. The highest BCUT2D eigenvalue weighted by Gasteiger charge is 2.24. The number of rotatable bonds is 7. The van der Waals surface area contributed by atoms with Gasteiger partial charge in [0.2, 0.25) is 5.91 Å². The van der Waals surface area contributed by atoms with Crippen molar-refractivity contribution in [2.45, 2.75) is 13.8 Å². The Hall–Kier alpha value is -2.45. The molecule has 1 aromatic carbocycles. The van der Waals surface area contributed by atoms with E-state index in [4.69, 9.17) is 4.74 Å². The third kappa shape index (κ3) is 5.05. The summed E-state index contributed by atoms with van der Waals surface area (Å²) in [5.74, 6) is -2.29. The largest absolute Gasteiger partial charge is 0.465 e. The number of ether oxygens (including phenoxy) is 1. The molecule has 0 spiro atoms. The van der Waals surface area contributed by atoms with Crippen molar-refractivity contribution in [1.82, 2.24) is 0 Å². The van der Waals surface area contributed by atoms with Crippen LogP contribution in [0.3, 0.4) is 0 Å². The third-order valence-electron chi connectivity index (χ3n) is 3.84. The maximum absolute atomic E-state index is 12.4. The molecule has 0 saturated heterocycles. The number of nitrogens with one attached hydrogen (secondary N) is 1. The summed E-state index contributed by atoms with van der Waals surface area (Å²) in [6, 6.07) is 5.86. The van der Waals surface area contributed by atoms with Crippen LogP contribution in [0.2, 0.25) is 0 Å². The van der Waals surface area contributed by atoms with Crippen molar-refractivity contribution in [1.29, 1.82) is 0 Å². The monoisotopic (exact) mass is 407 g/mol. The van der Waals surface area contributed by atoms with Gasteiger partial charge < -0.3 is 10.1 Å². The Bertz CT molecular complexity index is 990. The van der Waals surface area contributed by atoms with Crippen LogP contribution in [0.4, 0.5) is 5.00 Å². The maximum atomic E-state index is 12.4. The number of sulfone groups is 1. The van der Waals surface area contributed by atoms with Gasteiger partial charge in [0.25, 0.3) is 0 Å². The fourth-order valence-corrected chi connectivity index (χ4v) is 4.49.